The Labute approximate surface area is 119 Å². The van der Waals surface area contributed by atoms with Crippen molar-refractivity contribution in [2.45, 2.75) is 4.90 Å². The number of benzene rings is 2. The fraction of sp³-hybridized carbons (Fsp3) is 0. The van der Waals surface area contributed by atoms with Gasteiger partial charge in [-0.15, -0.1) is 0 Å². The van der Waals surface area contributed by atoms with E-state index in [1.54, 1.807) is 30.3 Å². The molecule has 1 aliphatic rings. The average Bonchev–Trinajstić information content (AvgIpc) is 2.67. The van der Waals surface area contributed by atoms with E-state index in [1.165, 1.54) is 16.3 Å². The van der Waals surface area contributed by atoms with E-state index in [0.29, 0.717) is 16.1 Å². The molecule has 2 aromatic carbocycles. The first-order chi connectivity index (χ1) is 9.16. The molecule has 0 spiro atoms. The SMILES string of the molecule is N=C1c2ccccc2C(=O)N1Sc1ccc(Cl)cc1. The largest absolute Gasteiger partial charge is 0.283 e. The Balaban J connectivity index is 1.90. The minimum atomic E-state index is -0.152. The molecule has 1 N–H and O–H groups in total. The Morgan fingerprint density at radius 3 is 2.26 bits per heavy atom. The lowest BCUT2D eigenvalue weighted by Crippen LogP contribution is -2.21. The number of rotatable bonds is 2. The molecule has 0 bridgehead atoms. The van der Waals surface area contributed by atoms with Crippen LogP contribution in [0.3, 0.4) is 0 Å². The van der Waals surface area contributed by atoms with Gasteiger partial charge in [-0.2, -0.15) is 0 Å². The summed E-state index contributed by atoms with van der Waals surface area (Å²) < 4.78 is 1.40. The number of carbonyl (C=O) groups is 1. The van der Waals surface area contributed by atoms with Crippen LogP contribution in [0.2, 0.25) is 5.02 Å². The first-order valence-electron chi connectivity index (χ1n) is 5.63. The standard InChI is InChI=1S/C14H9ClN2OS/c15-9-5-7-10(8-6-9)19-17-13(16)11-3-1-2-4-12(11)14(17)18/h1-8,16H. The van der Waals surface area contributed by atoms with Crippen LogP contribution in [0.5, 0.6) is 0 Å². The van der Waals surface area contributed by atoms with E-state index in [-0.39, 0.29) is 11.7 Å². The number of amides is 1. The number of nitrogens with zero attached hydrogens (tertiary/aromatic N) is 1. The molecule has 0 aromatic heterocycles. The van der Waals surface area contributed by atoms with Crippen molar-refractivity contribution in [3.8, 4) is 0 Å². The summed E-state index contributed by atoms with van der Waals surface area (Å²) in [6, 6.07) is 14.4. The molecule has 5 heteroatoms. The van der Waals surface area contributed by atoms with Crippen molar-refractivity contribution < 1.29 is 4.79 Å². The minimum absolute atomic E-state index is 0.152. The van der Waals surface area contributed by atoms with Gasteiger partial charge in [0.1, 0.15) is 5.84 Å². The van der Waals surface area contributed by atoms with Crippen molar-refractivity contribution in [1.29, 1.82) is 5.41 Å². The minimum Gasteiger partial charge on any atom is -0.283 e. The fourth-order valence-electron chi connectivity index (χ4n) is 1.88. The van der Waals surface area contributed by atoms with E-state index in [2.05, 4.69) is 0 Å². The number of hydrogen-bond acceptors (Lipinski definition) is 3. The second-order valence-corrected chi connectivity index (χ2v) is 5.49. The maximum Gasteiger partial charge on any atom is 0.270 e. The monoisotopic (exact) mass is 288 g/mol. The van der Waals surface area contributed by atoms with E-state index in [0.717, 1.165) is 4.90 Å². The van der Waals surface area contributed by atoms with Crippen molar-refractivity contribution in [2.75, 3.05) is 0 Å². The van der Waals surface area contributed by atoms with Crippen LogP contribution in [0.1, 0.15) is 15.9 Å². The van der Waals surface area contributed by atoms with Crippen molar-refractivity contribution in [3.63, 3.8) is 0 Å². The van der Waals surface area contributed by atoms with Crippen molar-refractivity contribution in [1.82, 2.24) is 4.31 Å². The molecule has 1 heterocycles. The summed E-state index contributed by atoms with van der Waals surface area (Å²) in [5, 5.41) is 8.72. The number of hydrogen-bond donors (Lipinski definition) is 1. The highest BCUT2D eigenvalue weighted by Gasteiger charge is 2.33. The van der Waals surface area contributed by atoms with Gasteiger partial charge in [-0.1, -0.05) is 29.8 Å². The van der Waals surface area contributed by atoms with Crippen LogP contribution in [0, 0.1) is 5.41 Å². The summed E-state index contributed by atoms with van der Waals surface area (Å²) in [6.45, 7) is 0. The number of fused-ring (bicyclic) bond motifs is 1. The number of amidine groups is 1. The molecule has 1 aliphatic heterocycles. The van der Waals surface area contributed by atoms with Crippen LogP contribution >= 0.6 is 23.5 Å². The Bertz CT molecular complexity index is 634. The van der Waals surface area contributed by atoms with Crippen molar-refractivity contribution in [3.05, 3.63) is 64.7 Å². The molecule has 0 radical (unpaired) electrons. The molecule has 94 valence electrons. The normalized spacial score (nSPS) is 13.8. The van der Waals surface area contributed by atoms with Gasteiger partial charge < -0.3 is 0 Å². The highest BCUT2D eigenvalue weighted by Crippen LogP contribution is 2.32. The van der Waals surface area contributed by atoms with Gasteiger partial charge in [-0.25, -0.2) is 4.31 Å². The fourth-order valence-corrected chi connectivity index (χ4v) is 2.85. The lowest BCUT2D eigenvalue weighted by molar-refractivity contribution is 0.0928. The van der Waals surface area contributed by atoms with Crippen LogP contribution in [0.4, 0.5) is 0 Å². The molecule has 0 aliphatic carbocycles. The Morgan fingerprint density at radius 1 is 1.00 bits per heavy atom. The van der Waals surface area contributed by atoms with Gasteiger partial charge in [0.15, 0.2) is 0 Å². The van der Waals surface area contributed by atoms with Gasteiger partial charge >= 0.3 is 0 Å². The molecule has 0 saturated heterocycles. The molecule has 0 atom stereocenters. The molecule has 3 nitrogen and oxygen atoms in total. The van der Waals surface area contributed by atoms with Gasteiger partial charge in [0.2, 0.25) is 0 Å². The smallest absolute Gasteiger partial charge is 0.270 e. The van der Waals surface area contributed by atoms with Crippen LogP contribution in [0.25, 0.3) is 0 Å². The number of nitrogens with one attached hydrogen (secondary N) is 1. The third-order valence-electron chi connectivity index (χ3n) is 2.81. The van der Waals surface area contributed by atoms with E-state index >= 15 is 0 Å². The average molecular weight is 289 g/mol. The molecule has 2 aromatic rings. The van der Waals surface area contributed by atoms with Gasteiger partial charge in [0, 0.05) is 15.5 Å². The molecule has 0 fully saturated rings. The maximum absolute atomic E-state index is 12.2. The molecule has 0 saturated carbocycles. The zero-order chi connectivity index (χ0) is 13.4. The molecular formula is C14H9ClN2OS. The second-order valence-electron chi connectivity index (χ2n) is 4.04. The summed E-state index contributed by atoms with van der Waals surface area (Å²) in [6.07, 6.45) is 0. The van der Waals surface area contributed by atoms with E-state index in [9.17, 15) is 4.79 Å². The van der Waals surface area contributed by atoms with Gasteiger partial charge in [-0.05, 0) is 42.3 Å². The second kappa shape index (κ2) is 4.72. The zero-order valence-electron chi connectivity index (χ0n) is 9.76. The van der Waals surface area contributed by atoms with Gasteiger partial charge in [0.25, 0.3) is 5.91 Å². The van der Waals surface area contributed by atoms with Crippen LogP contribution in [-0.2, 0) is 0 Å². The van der Waals surface area contributed by atoms with Gasteiger partial charge in [-0.3, -0.25) is 10.2 Å². The summed E-state index contributed by atoms with van der Waals surface area (Å²) in [7, 11) is 0. The van der Waals surface area contributed by atoms with Crippen molar-refractivity contribution in [2.24, 2.45) is 0 Å². The Morgan fingerprint density at radius 2 is 1.63 bits per heavy atom. The quantitative estimate of drug-likeness (QED) is 0.854. The van der Waals surface area contributed by atoms with Gasteiger partial charge in [0.05, 0.1) is 5.56 Å². The Kier molecular flexibility index (Phi) is 3.05. The molecule has 19 heavy (non-hydrogen) atoms. The third-order valence-corrected chi connectivity index (χ3v) is 4.08. The Hall–Kier alpha value is -1.78. The highest BCUT2D eigenvalue weighted by molar-refractivity contribution is 7.98. The maximum atomic E-state index is 12.2. The van der Waals surface area contributed by atoms with Crippen LogP contribution in [0.15, 0.2) is 53.4 Å². The van der Waals surface area contributed by atoms with E-state index < -0.39 is 0 Å². The number of carbonyl (C=O) groups excluding carboxylic acids is 1. The number of halogens is 1. The first-order valence-corrected chi connectivity index (χ1v) is 6.78. The molecule has 3 rings (SSSR count). The van der Waals surface area contributed by atoms with Crippen LogP contribution < -0.4 is 0 Å². The predicted octanol–water partition coefficient (Wildman–Crippen LogP) is 3.83. The zero-order valence-corrected chi connectivity index (χ0v) is 11.3. The van der Waals surface area contributed by atoms with E-state index in [4.69, 9.17) is 17.0 Å². The summed E-state index contributed by atoms with van der Waals surface area (Å²) in [4.78, 5) is 13.1. The molecule has 0 unspecified atom stereocenters. The molecule has 1 amide bonds. The lowest BCUT2D eigenvalue weighted by atomic mass is 10.1. The van der Waals surface area contributed by atoms with Crippen molar-refractivity contribution >= 4 is 35.3 Å². The lowest BCUT2D eigenvalue weighted by Gasteiger charge is -2.14. The summed E-state index contributed by atoms with van der Waals surface area (Å²) in [5.74, 6) is 0.0705. The third kappa shape index (κ3) is 2.13. The predicted molar refractivity (Wildman–Crippen MR) is 76.7 cm³/mol. The van der Waals surface area contributed by atoms with Crippen LogP contribution in [-0.4, -0.2) is 16.0 Å². The topological polar surface area (TPSA) is 44.2 Å². The highest BCUT2D eigenvalue weighted by atomic mass is 35.5. The van der Waals surface area contributed by atoms with E-state index in [1.807, 2.05) is 18.2 Å². The summed E-state index contributed by atoms with van der Waals surface area (Å²) >= 11 is 7.06. The first kappa shape index (κ1) is 12.3. The molecular weight excluding hydrogens is 280 g/mol. The summed E-state index contributed by atoms with van der Waals surface area (Å²) in [5.41, 5.74) is 1.25.